The summed E-state index contributed by atoms with van der Waals surface area (Å²) >= 11 is 0. The predicted octanol–water partition coefficient (Wildman–Crippen LogP) is 0.892. The highest BCUT2D eigenvalue weighted by atomic mass is 32.3. The van der Waals surface area contributed by atoms with E-state index in [-0.39, 0.29) is 13.0 Å². The summed E-state index contributed by atoms with van der Waals surface area (Å²) in [6.07, 6.45) is -0.771. The fraction of sp³-hybridized carbons (Fsp3) is 1.00. The maximum atomic E-state index is 11.6. The van der Waals surface area contributed by atoms with Crippen LogP contribution in [0.1, 0.15) is 41.0 Å². The first-order valence-corrected chi connectivity index (χ1v) is 9.09. The topological polar surface area (TPSA) is 105 Å². The molecule has 2 atom stereocenters. The summed E-state index contributed by atoms with van der Waals surface area (Å²) in [6.45, 7) is 8.18. The minimum atomic E-state index is -4.11. The third-order valence-corrected chi connectivity index (χ3v) is 6.19. The maximum absolute atomic E-state index is 11.6. The summed E-state index contributed by atoms with van der Waals surface area (Å²) in [5.41, 5.74) is -3.02. The molecule has 0 aromatic carbocycles. The van der Waals surface area contributed by atoms with E-state index < -0.39 is 43.5 Å². The number of hydrogen-bond acceptors (Lipinski definition) is 8. The number of hydrogen-bond donors (Lipinski definition) is 0. The SMILES string of the molecule is CC1(C)COS(=O)(=O)OC1CC1(C)OS(=O)(=O)OC1(C)C. The average Bonchev–Trinajstić information content (AvgIpc) is 2.37. The first-order valence-electron chi connectivity index (χ1n) is 6.42. The first kappa shape index (κ1) is 17.1. The fourth-order valence-corrected chi connectivity index (χ4v) is 4.80. The molecular formula is C11H20O8S2. The molecule has 2 aliphatic heterocycles. The monoisotopic (exact) mass is 344 g/mol. The smallest absolute Gasteiger partial charge is 0.248 e. The molecule has 0 N–H and O–H groups in total. The van der Waals surface area contributed by atoms with Crippen molar-refractivity contribution in [3.63, 3.8) is 0 Å². The molecule has 8 nitrogen and oxygen atoms in total. The van der Waals surface area contributed by atoms with Gasteiger partial charge in [-0.15, -0.1) is 0 Å². The zero-order valence-corrected chi connectivity index (χ0v) is 14.2. The lowest BCUT2D eigenvalue weighted by atomic mass is 9.76. The summed E-state index contributed by atoms with van der Waals surface area (Å²) in [5.74, 6) is 0. The third kappa shape index (κ3) is 3.25. The van der Waals surface area contributed by atoms with E-state index in [1.54, 1.807) is 34.6 Å². The quantitative estimate of drug-likeness (QED) is 0.727. The van der Waals surface area contributed by atoms with Crippen LogP contribution in [-0.2, 0) is 37.5 Å². The Kier molecular flexibility index (Phi) is 3.76. The molecule has 0 aliphatic carbocycles. The van der Waals surface area contributed by atoms with Crippen molar-refractivity contribution in [2.24, 2.45) is 5.41 Å². The molecular weight excluding hydrogens is 324 g/mol. The van der Waals surface area contributed by atoms with Gasteiger partial charge >= 0.3 is 20.8 Å². The molecule has 2 unspecified atom stereocenters. The van der Waals surface area contributed by atoms with E-state index in [1.165, 1.54) is 0 Å². The first-order chi connectivity index (χ1) is 9.18. The second kappa shape index (κ2) is 4.62. The molecule has 0 radical (unpaired) electrons. The lowest BCUT2D eigenvalue weighted by molar-refractivity contribution is -0.0861. The summed E-state index contributed by atoms with van der Waals surface area (Å²) in [6, 6.07) is 0. The zero-order chi connectivity index (χ0) is 16.3. The van der Waals surface area contributed by atoms with E-state index >= 15 is 0 Å². The zero-order valence-electron chi connectivity index (χ0n) is 12.6. The van der Waals surface area contributed by atoms with Crippen molar-refractivity contribution < 1.29 is 33.6 Å². The van der Waals surface area contributed by atoms with Crippen LogP contribution in [0.25, 0.3) is 0 Å². The van der Waals surface area contributed by atoms with Crippen molar-refractivity contribution in [2.45, 2.75) is 58.3 Å². The lowest BCUT2D eigenvalue weighted by Crippen LogP contribution is -2.53. The molecule has 0 amide bonds. The van der Waals surface area contributed by atoms with Crippen LogP contribution in [0.4, 0.5) is 0 Å². The highest BCUT2D eigenvalue weighted by Gasteiger charge is 2.59. The molecule has 2 rings (SSSR count). The van der Waals surface area contributed by atoms with Gasteiger partial charge in [0.1, 0.15) is 11.2 Å². The van der Waals surface area contributed by atoms with Gasteiger partial charge in [-0.2, -0.15) is 16.8 Å². The predicted molar refractivity (Wildman–Crippen MR) is 71.7 cm³/mol. The van der Waals surface area contributed by atoms with E-state index in [0.717, 1.165) is 0 Å². The van der Waals surface area contributed by atoms with Crippen molar-refractivity contribution in [2.75, 3.05) is 6.61 Å². The molecule has 21 heavy (non-hydrogen) atoms. The van der Waals surface area contributed by atoms with E-state index in [4.69, 9.17) is 12.5 Å². The molecule has 0 saturated carbocycles. The molecule has 10 heteroatoms. The van der Waals surface area contributed by atoms with Gasteiger partial charge in [0.2, 0.25) is 0 Å². The molecule has 124 valence electrons. The van der Waals surface area contributed by atoms with Crippen LogP contribution in [-0.4, -0.2) is 40.7 Å². The Bertz CT molecular complexity index is 633. The van der Waals surface area contributed by atoms with Crippen molar-refractivity contribution >= 4 is 20.8 Å². The molecule has 2 aliphatic rings. The van der Waals surface area contributed by atoms with Gasteiger partial charge in [-0.1, -0.05) is 13.8 Å². The van der Waals surface area contributed by atoms with Crippen LogP contribution < -0.4 is 0 Å². The van der Waals surface area contributed by atoms with Crippen LogP contribution in [0.2, 0.25) is 0 Å². The number of rotatable bonds is 2. The fourth-order valence-electron chi connectivity index (χ4n) is 2.25. The Morgan fingerprint density at radius 3 is 2.00 bits per heavy atom. The molecule has 0 aromatic heterocycles. The highest BCUT2D eigenvalue weighted by molar-refractivity contribution is 7.82. The largest absolute Gasteiger partial charge is 0.401 e. The Balaban J connectivity index is 2.31. The van der Waals surface area contributed by atoms with Crippen molar-refractivity contribution in [3.8, 4) is 0 Å². The van der Waals surface area contributed by atoms with Crippen molar-refractivity contribution in [3.05, 3.63) is 0 Å². The summed E-state index contributed by atoms with van der Waals surface area (Å²) in [4.78, 5) is 0. The standard InChI is InChI=1S/C11H20O8S2/c1-9(2)7-16-20(12,13)17-8(9)6-11(5)10(3,4)18-21(14,15)19-11/h8H,6-7H2,1-5H3. The molecule has 0 bridgehead atoms. The van der Waals surface area contributed by atoms with E-state index in [0.29, 0.717) is 0 Å². The second-order valence-electron chi connectivity index (χ2n) is 6.76. The van der Waals surface area contributed by atoms with E-state index in [2.05, 4.69) is 4.18 Å². The van der Waals surface area contributed by atoms with Crippen LogP contribution in [0.3, 0.4) is 0 Å². The maximum Gasteiger partial charge on any atom is 0.401 e. The normalized spacial score (nSPS) is 40.0. The molecule has 0 aromatic rings. The molecule has 2 heterocycles. The minimum absolute atomic E-state index is 0.0226. The Morgan fingerprint density at radius 1 is 0.952 bits per heavy atom. The average molecular weight is 344 g/mol. The van der Waals surface area contributed by atoms with Crippen LogP contribution in [0, 0.1) is 5.41 Å². The van der Waals surface area contributed by atoms with Crippen LogP contribution in [0.15, 0.2) is 0 Å². The Labute approximate surface area is 125 Å². The van der Waals surface area contributed by atoms with Crippen molar-refractivity contribution in [1.82, 2.24) is 0 Å². The minimum Gasteiger partial charge on any atom is -0.248 e. The van der Waals surface area contributed by atoms with E-state index in [1.807, 2.05) is 0 Å². The van der Waals surface area contributed by atoms with Gasteiger partial charge in [0.25, 0.3) is 0 Å². The van der Waals surface area contributed by atoms with Gasteiger partial charge < -0.3 is 0 Å². The Hall–Kier alpha value is -0.260. The molecule has 2 fully saturated rings. The Morgan fingerprint density at radius 2 is 1.52 bits per heavy atom. The lowest BCUT2D eigenvalue weighted by Gasteiger charge is -2.42. The van der Waals surface area contributed by atoms with Gasteiger partial charge in [0.15, 0.2) is 0 Å². The molecule has 0 spiro atoms. The summed E-state index contributed by atoms with van der Waals surface area (Å²) in [7, 11) is -8.20. The van der Waals surface area contributed by atoms with Gasteiger partial charge in [0, 0.05) is 11.8 Å². The molecule has 2 saturated heterocycles. The second-order valence-corrected chi connectivity index (χ2v) is 9.16. The summed E-state index contributed by atoms with van der Waals surface area (Å²) < 4.78 is 65.7. The highest BCUT2D eigenvalue weighted by Crippen LogP contribution is 2.46. The van der Waals surface area contributed by atoms with Gasteiger partial charge in [-0.25, -0.2) is 16.7 Å². The van der Waals surface area contributed by atoms with Crippen LogP contribution in [0.5, 0.6) is 0 Å². The van der Waals surface area contributed by atoms with E-state index in [9.17, 15) is 16.8 Å². The summed E-state index contributed by atoms with van der Waals surface area (Å²) in [5, 5.41) is 0. The van der Waals surface area contributed by atoms with Gasteiger partial charge in [0.05, 0.1) is 12.7 Å². The van der Waals surface area contributed by atoms with Crippen molar-refractivity contribution in [1.29, 1.82) is 0 Å². The van der Waals surface area contributed by atoms with Crippen LogP contribution >= 0.6 is 0 Å². The third-order valence-electron chi connectivity index (χ3n) is 4.13. The van der Waals surface area contributed by atoms with Gasteiger partial charge in [-0.05, 0) is 20.8 Å². The van der Waals surface area contributed by atoms with Gasteiger partial charge in [-0.3, -0.25) is 0 Å².